The van der Waals surface area contributed by atoms with Crippen LogP contribution < -0.4 is 9.64 Å². The number of aliphatic hydroxyl groups is 1. The van der Waals surface area contributed by atoms with Crippen LogP contribution in [0, 0.1) is 11.8 Å². The highest BCUT2D eigenvalue weighted by Crippen LogP contribution is 2.47. The molecule has 43 heavy (non-hydrogen) atoms. The number of aliphatic hydroxyl groups excluding tert-OH is 1. The van der Waals surface area contributed by atoms with Gasteiger partial charge in [0.05, 0.1) is 37.8 Å². The summed E-state index contributed by atoms with van der Waals surface area (Å²) in [5.74, 6) is -0.598. The van der Waals surface area contributed by atoms with E-state index in [1.165, 1.54) is 18.2 Å². The van der Waals surface area contributed by atoms with Crippen molar-refractivity contribution in [2.45, 2.75) is 82.3 Å². The first-order chi connectivity index (χ1) is 20.4. The van der Waals surface area contributed by atoms with E-state index in [4.69, 9.17) is 25.8 Å². The van der Waals surface area contributed by atoms with Crippen molar-refractivity contribution in [2.24, 2.45) is 11.8 Å². The van der Waals surface area contributed by atoms with E-state index in [1.54, 1.807) is 26.8 Å². The zero-order chi connectivity index (χ0) is 30.9. The number of anilines is 1. The van der Waals surface area contributed by atoms with E-state index in [1.807, 2.05) is 24.3 Å². The summed E-state index contributed by atoms with van der Waals surface area (Å²) < 4.78 is 17.3. The Morgan fingerprint density at radius 3 is 2.70 bits per heavy atom. The summed E-state index contributed by atoms with van der Waals surface area (Å²) in [6.45, 7) is 11.2. The van der Waals surface area contributed by atoms with E-state index in [2.05, 4.69) is 23.6 Å². The maximum Gasteiger partial charge on any atom is 0.313 e. The minimum atomic E-state index is -0.819. The van der Waals surface area contributed by atoms with Crippen LogP contribution in [-0.4, -0.2) is 55.6 Å². The summed E-state index contributed by atoms with van der Waals surface area (Å²) in [4.78, 5) is 28.2. The van der Waals surface area contributed by atoms with Gasteiger partial charge in [-0.05, 0) is 106 Å². The van der Waals surface area contributed by atoms with Crippen molar-refractivity contribution in [3.63, 3.8) is 0 Å². The number of rotatable bonds is 8. The number of fused-ring (bicyclic) bond motifs is 3. The Bertz CT molecular complexity index is 1370. The third-order valence-corrected chi connectivity index (χ3v) is 9.59. The second-order valence-electron chi connectivity index (χ2n) is 13.4. The van der Waals surface area contributed by atoms with Crippen LogP contribution in [0.2, 0.25) is 5.02 Å². The summed E-state index contributed by atoms with van der Waals surface area (Å²) in [6, 6.07) is 11.9. The Balaban J connectivity index is 1.53. The van der Waals surface area contributed by atoms with Crippen molar-refractivity contribution in [3.05, 3.63) is 70.8 Å². The topological polar surface area (TPSA) is 85.3 Å². The van der Waals surface area contributed by atoms with E-state index in [9.17, 15) is 14.7 Å². The molecule has 0 bridgehead atoms. The number of benzene rings is 2. The molecule has 1 fully saturated rings. The number of nitrogens with zero attached hydrogens (tertiary/aromatic N) is 1. The Morgan fingerprint density at radius 1 is 1.23 bits per heavy atom. The molecule has 0 unspecified atom stereocenters. The molecule has 0 radical (unpaired) electrons. The third-order valence-electron chi connectivity index (χ3n) is 9.35. The Labute approximate surface area is 260 Å². The van der Waals surface area contributed by atoms with Crippen LogP contribution in [0.15, 0.2) is 49.1 Å². The van der Waals surface area contributed by atoms with Crippen LogP contribution in [0.25, 0.3) is 0 Å². The fourth-order valence-corrected chi connectivity index (χ4v) is 7.30. The van der Waals surface area contributed by atoms with Crippen LogP contribution in [0.4, 0.5) is 5.69 Å². The zero-order valence-electron chi connectivity index (χ0n) is 25.7. The van der Waals surface area contributed by atoms with Gasteiger partial charge in [0.2, 0.25) is 0 Å². The highest BCUT2D eigenvalue weighted by atomic mass is 35.5. The smallest absolute Gasteiger partial charge is 0.313 e. The summed E-state index contributed by atoms with van der Waals surface area (Å²) in [5, 5.41) is 11.4. The number of halogens is 1. The van der Waals surface area contributed by atoms with Crippen molar-refractivity contribution < 1.29 is 28.9 Å². The minimum absolute atomic E-state index is 0.127. The second-order valence-corrected chi connectivity index (χ2v) is 13.9. The van der Waals surface area contributed by atoms with Gasteiger partial charge in [-0.1, -0.05) is 29.8 Å². The van der Waals surface area contributed by atoms with Gasteiger partial charge in [0, 0.05) is 23.5 Å². The summed E-state index contributed by atoms with van der Waals surface area (Å²) in [7, 11) is 1.33. The van der Waals surface area contributed by atoms with Gasteiger partial charge >= 0.3 is 11.9 Å². The lowest BCUT2D eigenvalue weighted by atomic mass is 9.68. The average molecular weight is 610 g/mol. The van der Waals surface area contributed by atoms with E-state index in [0.29, 0.717) is 12.2 Å². The summed E-state index contributed by atoms with van der Waals surface area (Å²) in [6.07, 6.45) is 5.94. The first kappa shape index (κ1) is 31.4. The van der Waals surface area contributed by atoms with Crippen LogP contribution in [0.3, 0.4) is 0 Å². The number of esters is 2. The number of methoxy groups -OCH3 is 1. The molecule has 5 rings (SSSR count). The molecule has 7 nitrogen and oxygen atoms in total. The minimum Gasteiger partial charge on any atom is -0.490 e. The molecule has 2 aromatic carbocycles. The molecule has 1 spiro atoms. The number of aryl methyl sites for hydroxylation is 1. The maximum atomic E-state index is 13.0. The SMILES string of the molecule is C=C[C@H](O)[C@@H]1CC[C@H]1CN1C[C@@]2(CCCc3cc(Cl)ccc32)COc2ccc([C@@H](CC(=O)OC(C)(C)C)C(=O)OC)cc21. The number of carbonyl (C=O) groups is 2. The normalized spacial score (nSPS) is 24.4. The monoisotopic (exact) mass is 609 g/mol. The van der Waals surface area contributed by atoms with E-state index in [-0.39, 0.29) is 23.7 Å². The van der Waals surface area contributed by atoms with Gasteiger partial charge in [-0.3, -0.25) is 9.59 Å². The van der Waals surface area contributed by atoms with Gasteiger partial charge in [0.25, 0.3) is 0 Å². The molecule has 3 aliphatic rings. The van der Waals surface area contributed by atoms with Crippen molar-refractivity contribution >= 4 is 29.2 Å². The number of hydrogen-bond acceptors (Lipinski definition) is 7. The Hall–Kier alpha value is -3.03. The van der Waals surface area contributed by atoms with Crippen molar-refractivity contribution in [1.29, 1.82) is 0 Å². The van der Waals surface area contributed by atoms with E-state index < -0.39 is 29.6 Å². The molecule has 0 aromatic heterocycles. The molecule has 2 aromatic rings. The predicted octanol–water partition coefficient (Wildman–Crippen LogP) is 6.37. The van der Waals surface area contributed by atoms with Crippen LogP contribution >= 0.6 is 11.6 Å². The first-order valence-electron chi connectivity index (χ1n) is 15.3. The molecule has 5 atom stereocenters. The third kappa shape index (κ3) is 6.73. The molecule has 2 aliphatic carbocycles. The summed E-state index contributed by atoms with van der Waals surface area (Å²) >= 11 is 6.40. The van der Waals surface area contributed by atoms with Crippen LogP contribution in [0.5, 0.6) is 5.75 Å². The van der Waals surface area contributed by atoms with Crippen molar-refractivity contribution in [2.75, 3.05) is 31.7 Å². The second kappa shape index (κ2) is 12.5. The maximum absolute atomic E-state index is 13.0. The van der Waals surface area contributed by atoms with Crippen molar-refractivity contribution in [3.8, 4) is 5.75 Å². The van der Waals surface area contributed by atoms with Gasteiger partial charge in [-0.2, -0.15) is 0 Å². The molecule has 0 saturated heterocycles. The molecule has 1 aliphatic heterocycles. The Kier molecular flexibility index (Phi) is 9.15. The Morgan fingerprint density at radius 2 is 2.02 bits per heavy atom. The van der Waals surface area contributed by atoms with Gasteiger partial charge in [0.15, 0.2) is 0 Å². The molecule has 0 amide bonds. The highest BCUT2D eigenvalue weighted by molar-refractivity contribution is 6.30. The molecule has 1 saturated carbocycles. The number of carbonyl (C=O) groups excluding carboxylic acids is 2. The van der Waals surface area contributed by atoms with E-state index in [0.717, 1.165) is 61.7 Å². The lowest BCUT2D eigenvalue weighted by Gasteiger charge is -2.45. The number of ether oxygens (including phenoxy) is 3. The largest absolute Gasteiger partial charge is 0.490 e. The molecular weight excluding hydrogens is 566 g/mol. The van der Waals surface area contributed by atoms with Gasteiger partial charge in [0.1, 0.15) is 11.4 Å². The fourth-order valence-electron chi connectivity index (χ4n) is 7.11. The predicted molar refractivity (Wildman–Crippen MR) is 168 cm³/mol. The quantitative estimate of drug-likeness (QED) is 0.275. The molecule has 232 valence electrons. The summed E-state index contributed by atoms with van der Waals surface area (Å²) in [5.41, 5.74) is 3.18. The average Bonchev–Trinajstić information content (AvgIpc) is 3.09. The molecule has 8 heteroatoms. The number of hydrogen-bond donors (Lipinski definition) is 1. The molecule has 1 heterocycles. The van der Waals surface area contributed by atoms with Gasteiger partial charge in [-0.15, -0.1) is 6.58 Å². The van der Waals surface area contributed by atoms with Gasteiger partial charge in [-0.25, -0.2) is 0 Å². The first-order valence-corrected chi connectivity index (χ1v) is 15.7. The molecular formula is C35H44ClNO6. The lowest BCUT2D eigenvalue weighted by Crippen LogP contribution is -2.49. The molecule has 1 N–H and O–H groups in total. The van der Waals surface area contributed by atoms with Crippen LogP contribution in [0.1, 0.15) is 75.5 Å². The standard InChI is InChI=1S/C35H44ClNO6/c1-6-30(38)26-12-9-24(26)19-37-20-35(15-7-8-23-16-25(36)11-13-28(23)35)21-42-31-14-10-22(17-29(31)37)27(33(40)41-5)18-32(39)43-34(2,3)4/h6,10-11,13-14,16-17,24,26-27,30,38H,1,7-9,12,15,18-21H2,2-5H3/t24-,26+,27+,30-,35-/m0/s1. The van der Waals surface area contributed by atoms with Crippen LogP contribution in [-0.2, 0) is 30.9 Å². The lowest BCUT2D eigenvalue weighted by molar-refractivity contribution is -0.158. The zero-order valence-corrected chi connectivity index (χ0v) is 26.5. The van der Waals surface area contributed by atoms with E-state index >= 15 is 0 Å². The fraction of sp³-hybridized carbons (Fsp3) is 0.543. The van der Waals surface area contributed by atoms with Gasteiger partial charge < -0.3 is 24.2 Å². The van der Waals surface area contributed by atoms with Crippen molar-refractivity contribution in [1.82, 2.24) is 0 Å². The highest BCUT2D eigenvalue weighted by Gasteiger charge is 2.44.